The number of nitrogens with one attached hydrogen (secondary N) is 1. The largest absolute Gasteiger partial charge is 0.497 e. The quantitative estimate of drug-likeness (QED) is 0.926. The topological polar surface area (TPSA) is 33.6 Å². The molecular formula is C16H16N2OS. The van der Waals surface area contributed by atoms with Gasteiger partial charge in [-0.05, 0) is 17.7 Å². The van der Waals surface area contributed by atoms with E-state index in [2.05, 4.69) is 29.6 Å². The van der Waals surface area contributed by atoms with Gasteiger partial charge in [0.15, 0.2) is 5.17 Å². The Morgan fingerprint density at radius 1 is 1.15 bits per heavy atom. The van der Waals surface area contributed by atoms with Crippen LogP contribution in [-0.2, 0) is 0 Å². The van der Waals surface area contributed by atoms with Crippen molar-refractivity contribution in [2.24, 2.45) is 4.99 Å². The molecule has 20 heavy (non-hydrogen) atoms. The minimum atomic E-state index is 0.245. The lowest BCUT2D eigenvalue weighted by Crippen LogP contribution is -2.04. The fourth-order valence-corrected chi connectivity index (χ4v) is 3.09. The maximum absolute atomic E-state index is 5.22. The summed E-state index contributed by atoms with van der Waals surface area (Å²) >= 11 is 1.75. The second-order valence-corrected chi connectivity index (χ2v) is 5.54. The van der Waals surface area contributed by atoms with Crippen LogP contribution in [0.15, 0.2) is 59.6 Å². The molecule has 0 amide bonds. The third-order valence-electron chi connectivity index (χ3n) is 3.16. The lowest BCUT2D eigenvalue weighted by molar-refractivity contribution is 0.415. The fourth-order valence-electron chi connectivity index (χ4n) is 2.11. The van der Waals surface area contributed by atoms with E-state index < -0.39 is 0 Å². The molecule has 1 aliphatic heterocycles. The molecule has 0 saturated carbocycles. The highest BCUT2D eigenvalue weighted by Gasteiger charge is 2.19. The van der Waals surface area contributed by atoms with Crippen LogP contribution in [0.2, 0.25) is 0 Å². The Labute approximate surface area is 123 Å². The summed E-state index contributed by atoms with van der Waals surface area (Å²) in [6.07, 6.45) is 0. The Bertz CT molecular complexity index is 613. The first-order valence-electron chi connectivity index (χ1n) is 6.52. The van der Waals surface area contributed by atoms with Crippen LogP contribution in [0.5, 0.6) is 5.75 Å². The number of hydrogen-bond acceptors (Lipinski definition) is 4. The van der Waals surface area contributed by atoms with Crippen molar-refractivity contribution in [2.45, 2.75) is 6.04 Å². The van der Waals surface area contributed by atoms with E-state index in [0.717, 1.165) is 22.4 Å². The SMILES string of the molecule is COc1cccc(NC2=NC(c3ccccc3)CS2)c1. The zero-order chi connectivity index (χ0) is 13.8. The van der Waals surface area contributed by atoms with E-state index in [-0.39, 0.29) is 6.04 Å². The highest BCUT2D eigenvalue weighted by Crippen LogP contribution is 2.31. The number of anilines is 1. The molecule has 0 bridgehead atoms. The van der Waals surface area contributed by atoms with Crippen molar-refractivity contribution in [3.05, 3.63) is 60.2 Å². The van der Waals surface area contributed by atoms with Gasteiger partial charge in [-0.2, -0.15) is 0 Å². The van der Waals surface area contributed by atoms with Crippen LogP contribution in [0.1, 0.15) is 11.6 Å². The van der Waals surface area contributed by atoms with Gasteiger partial charge in [0, 0.05) is 17.5 Å². The first kappa shape index (κ1) is 13.1. The van der Waals surface area contributed by atoms with Gasteiger partial charge in [-0.15, -0.1) is 0 Å². The van der Waals surface area contributed by atoms with Crippen molar-refractivity contribution in [3.8, 4) is 5.75 Å². The monoisotopic (exact) mass is 284 g/mol. The lowest BCUT2D eigenvalue weighted by atomic mass is 10.1. The molecule has 0 radical (unpaired) electrons. The van der Waals surface area contributed by atoms with Crippen molar-refractivity contribution >= 4 is 22.6 Å². The number of amidine groups is 1. The van der Waals surface area contributed by atoms with Crippen molar-refractivity contribution in [3.63, 3.8) is 0 Å². The molecule has 2 aromatic carbocycles. The molecule has 0 saturated heterocycles. The van der Waals surface area contributed by atoms with E-state index in [1.807, 2.05) is 30.3 Å². The van der Waals surface area contributed by atoms with E-state index in [0.29, 0.717) is 0 Å². The Morgan fingerprint density at radius 3 is 2.80 bits per heavy atom. The van der Waals surface area contributed by atoms with Crippen LogP contribution < -0.4 is 10.1 Å². The standard InChI is InChI=1S/C16H16N2OS/c1-19-14-9-5-8-13(10-14)17-16-18-15(11-20-16)12-6-3-2-4-7-12/h2-10,15H,11H2,1H3,(H,17,18). The normalized spacial score (nSPS) is 17.6. The molecule has 0 aliphatic carbocycles. The van der Waals surface area contributed by atoms with Crippen molar-refractivity contribution in [1.29, 1.82) is 0 Å². The predicted octanol–water partition coefficient (Wildman–Crippen LogP) is 3.95. The van der Waals surface area contributed by atoms with Gasteiger partial charge in [-0.1, -0.05) is 48.2 Å². The zero-order valence-corrected chi connectivity index (χ0v) is 12.1. The molecule has 1 aliphatic rings. The maximum Gasteiger partial charge on any atom is 0.161 e. The fraction of sp³-hybridized carbons (Fsp3) is 0.188. The number of hydrogen-bond donors (Lipinski definition) is 1. The predicted molar refractivity (Wildman–Crippen MR) is 85.7 cm³/mol. The second-order valence-electron chi connectivity index (χ2n) is 4.53. The van der Waals surface area contributed by atoms with Crippen molar-refractivity contribution < 1.29 is 4.74 Å². The molecule has 3 rings (SSSR count). The first-order valence-corrected chi connectivity index (χ1v) is 7.50. The van der Waals surface area contributed by atoms with Gasteiger partial charge < -0.3 is 10.1 Å². The molecular weight excluding hydrogens is 268 g/mol. The third kappa shape index (κ3) is 2.96. The van der Waals surface area contributed by atoms with Gasteiger partial charge in [-0.3, -0.25) is 4.99 Å². The molecule has 0 spiro atoms. The van der Waals surface area contributed by atoms with Crippen molar-refractivity contribution in [1.82, 2.24) is 0 Å². The highest BCUT2D eigenvalue weighted by molar-refractivity contribution is 8.14. The molecule has 102 valence electrons. The second kappa shape index (κ2) is 6.01. The number of thioether (sulfide) groups is 1. The number of aliphatic imine (C=N–C) groups is 1. The van der Waals surface area contributed by atoms with Crippen LogP contribution >= 0.6 is 11.8 Å². The van der Waals surface area contributed by atoms with Gasteiger partial charge in [0.2, 0.25) is 0 Å². The summed E-state index contributed by atoms with van der Waals surface area (Å²) in [7, 11) is 1.67. The van der Waals surface area contributed by atoms with E-state index >= 15 is 0 Å². The summed E-state index contributed by atoms with van der Waals surface area (Å²) in [6.45, 7) is 0. The third-order valence-corrected chi connectivity index (χ3v) is 4.12. The molecule has 0 fully saturated rings. The smallest absolute Gasteiger partial charge is 0.161 e. The van der Waals surface area contributed by atoms with E-state index in [1.54, 1.807) is 18.9 Å². The van der Waals surface area contributed by atoms with E-state index in [9.17, 15) is 0 Å². The molecule has 1 N–H and O–H groups in total. The van der Waals surface area contributed by atoms with Gasteiger partial charge in [0.25, 0.3) is 0 Å². The van der Waals surface area contributed by atoms with Crippen molar-refractivity contribution in [2.75, 3.05) is 18.2 Å². The Kier molecular flexibility index (Phi) is 3.92. The Balaban J connectivity index is 1.72. The van der Waals surface area contributed by atoms with E-state index in [4.69, 9.17) is 9.73 Å². The van der Waals surface area contributed by atoms with Crippen LogP contribution in [0, 0.1) is 0 Å². The van der Waals surface area contributed by atoms with Crippen LogP contribution in [-0.4, -0.2) is 18.0 Å². The summed E-state index contributed by atoms with van der Waals surface area (Å²) in [5.41, 5.74) is 2.27. The number of rotatable bonds is 3. The van der Waals surface area contributed by atoms with E-state index in [1.165, 1.54) is 5.56 Å². The average molecular weight is 284 g/mol. The number of benzene rings is 2. The van der Waals surface area contributed by atoms with Gasteiger partial charge >= 0.3 is 0 Å². The van der Waals surface area contributed by atoms with Gasteiger partial charge in [0.05, 0.1) is 13.2 Å². The first-order chi connectivity index (χ1) is 9.85. The number of ether oxygens (including phenoxy) is 1. The average Bonchev–Trinajstić information content (AvgIpc) is 2.97. The molecule has 1 atom stereocenters. The van der Waals surface area contributed by atoms with Crippen LogP contribution in [0.3, 0.4) is 0 Å². The molecule has 0 aromatic heterocycles. The molecule has 4 heteroatoms. The summed E-state index contributed by atoms with van der Waals surface area (Å²) in [6, 6.07) is 18.5. The number of methoxy groups -OCH3 is 1. The summed E-state index contributed by atoms with van der Waals surface area (Å²) in [5, 5.41) is 4.31. The Hall–Kier alpha value is -1.94. The molecule has 2 aromatic rings. The molecule has 1 heterocycles. The molecule has 1 unspecified atom stereocenters. The lowest BCUT2D eigenvalue weighted by Gasteiger charge is -2.06. The van der Waals surface area contributed by atoms with Gasteiger partial charge in [0.1, 0.15) is 5.75 Å². The zero-order valence-electron chi connectivity index (χ0n) is 11.2. The minimum Gasteiger partial charge on any atom is -0.497 e. The summed E-state index contributed by atoms with van der Waals surface area (Å²) in [5.74, 6) is 1.83. The van der Waals surface area contributed by atoms with Crippen LogP contribution in [0.4, 0.5) is 5.69 Å². The minimum absolute atomic E-state index is 0.245. The van der Waals surface area contributed by atoms with Gasteiger partial charge in [-0.25, -0.2) is 0 Å². The Morgan fingerprint density at radius 2 is 2.00 bits per heavy atom. The summed E-state index contributed by atoms with van der Waals surface area (Å²) in [4.78, 5) is 4.74. The highest BCUT2D eigenvalue weighted by atomic mass is 32.2. The number of nitrogens with zero attached hydrogens (tertiary/aromatic N) is 1. The van der Waals surface area contributed by atoms with Crippen LogP contribution in [0.25, 0.3) is 0 Å². The summed E-state index contributed by atoms with van der Waals surface area (Å²) < 4.78 is 5.22. The molecule has 3 nitrogen and oxygen atoms in total. The maximum atomic E-state index is 5.22.